The number of hydrogen-bond donors (Lipinski definition) is 1. The topological polar surface area (TPSA) is 46.3 Å². The minimum atomic E-state index is -0.0841. The fourth-order valence-electron chi connectivity index (χ4n) is 1.86. The van der Waals surface area contributed by atoms with E-state index in [-0.39, 0.29) is 5.91 Å². The van der Waals surface area contributed by atoms with Gasteiger partial charge in [-0.25, -0.2) is 0 Å². The lowest BCUT2D eigenvalue weighted by atomic mass is 10.1. The zero-order chi connectivity index (χ0) is 14.7. The van der Waals surface area contributed by atoms with E-state index in [0.717, 1.165) is 5.56 Å². The maximum atomic E-state index is 12.4. The van der Waals surface area contributed by atoms with Crippen molar-refractivity contribution in [3.05, 3.63) is 63.1 Å². The van der Waals surface area contributed by atoms with Crippen molar-refractivity contribution in [3.8, 4) is 0 Å². The van der Waals surface area contributed by atoms with Crippen LogP contribution >= 0.6 is 27.5 Å². The quantitative estimate of drug-likeness (QED) is 0.849. The third-order valence-electron chi connectivity index (χ3n) is 2.94. The fraction of sp³-hybridized carbons (Fsp3) is 0.133. The van der Waals surface area contributed by atoms with Crippen molar-refractivity contribution in [2.24, 2.45) is 0 Å². The predicted octanol–water partition coefficient (Wildman–Crippen LogP) is 3.96. The summed E-state index contributed by atoms with van der Waals surface area (Å²) >= 11 is 9.20. The molecule has 0 radical (unpaired) electrons. The summed E-state index contributed by atoms with van der Waals surface area (Å²) in [4.78, 5) is 14.0. The van der Waals surface area contributed by atoms with Crippen molar-refractivity contribution in [3.63, 3.8) is 0 Å². The SMILES string of the molecule is CN(Cc1ccc(Cl)cc1)C(=O)c1cccc(N)c1Br. The van der Waals surface area contributed by atoms with E-state index in [4.69, 9.17) is 17.3 Å². The normalized spacial score (nSPS) is 10.3. The lowest BCUT2D eigenvalue weighted by molar-refractivity contribution is 0.0784. The number of halogens is 2. The first kappa shape index (κ1) is 14.9. The molecule has 20 heavy (non-hydrogen) atoms. The van der Waals surface area contributed by atoms with E-state index >= 15 is 0 Å². The summed E-state index contributed by atoms with van der Waals surface area (Å²) in [6, 6.07) is 12.7. The first-order valence-corrected chi connectivity index (χ1v) is 7.20. The summed E-state index contributed by atoms with van der Waals surface area (Å²) in [5, 5.41) is 0.682. The molecule has 0 aromatic heterocycles. The number of nitrogens with two attached hydrogens (primary N) is 1. The highest BCUT2D eigenvalue weighted by molar-refractivity contribution is 9.10. The number of nitrogens with zero attached hydrogens (tertiary/aromatic N) is 1. The third-order valence-corrected chi connectivity index (χ3v) is 4.08. The van der Waals surface area contributed by atoms with Crippen LogP contribution in [0.4, 0.5) is 5.69 Å². The molecule has 0 bridgehead atoms. The molecule has 2 aromatic carbocycles. The van der Waals surface area contributed by atoms with Crippen LogP contribution in [0.25, 0.3) is 0 Å². The van der Waals surface area contributed by atoms with Gasteiger partial charge in [0.25, 0.3) is 5.91 Å². The van der Waals surface area contributed by atoms with Crippen LogP contribution in [-0.4, -0.2) is 17.9 Å². The first-order chi connectivity index (χ1) is 9.49. The minimum absolute atomic E-state index is 0.0841. The maximum absolute atomic E-state index is 12.4. The van der Waals surface area contributed by atoms with E-state index in [1.165, 1.54) is 0 Å². The van der Waals surface area contributed by atoms with Crippen LogP contribution in [0.3, 0.4) is 0 Å². The van der Waals surface area contributed by atoms with Gasteiger partial charge in [-0.15, -0.1) is 0 Å². The largest absolute Gasteiger partial charge is 0.398 e. The molecule has 0 atom stereocenters. The van der Waals surface area contributed by atoms with Gasteiger partial charge in [-0.3, -0.25) is 4.79 Å². The van der Waals surface area contributed by atoms with E-state index in [1.807, 2.05) is 24.3 Å². The Balaban J connectivity index is 2.16. The standard InChI is InChI=1S/C15H14BrClN2O/c1-19(9-10-5-7-11(17)8-6-10)15(20)12-3-2-4-13(18)14(12)16/h2-8H,9,18H2,1H3. The fourth-order valence-corrected chi connectivity index (χ4v) is 2.42. The molecular weight excluding hydrogens is 340 g/mol. The van der Waals surface area contributed by atoms with Crippen LogP contribution < -0.4 is 5.73 Å². The third kappa shape index (κ3) is 3.32. The summed E-state index contributed by atoms with van der Waals surface area (Å²) in [6.07, 6.45) is 0. The number of hydrogen-bond acceptors (Lipinski definition) is 2. The number of carbonyl (C=O) groups excluding carboxylic acids is 1. The van der Waals surface area contributed by atoms with Crippen molar-refractivity contribution in [2.75, 3.05) is 12.8 Å². The van der Waals surface area contributed by atoms with Crippen LogP contribution in [-0.2, 0) is 6.54 Å². The number of amides is 1. The van der Waals surface area contributed by atoms with E-state index < -0.39 is 0 Å². The summed E-state index contributed by atoms with van der Waals surface area (Å²) in [7, 11) is 1.76. The smallest absolute Gasteiger partial charge is 0.255 e. The molecule has 3 nitrogen and oxygen atoms in total. The van der Waals surface area contributed by atoms with Gasteiger partial charge in [0.2, 0.25) is 0 Å². The Labute approximate surface area is 131 Å². The van der Waals surface area contributed by atoms with E-state index in [9.17, 15) is 4.79 Å². The molecular formula is C15H14BrClN2O. The summed E-state index contributed by atoms with van der Waals surface area (Å²) in [5.41, 5.74) is 7.92. The summed E-state index contributed by atoms with van der Waals surface area (Å²) < 4.78 is 0.632. The Hall–Kier alpha value is -1.52. The highest BCUT2D eigenvalue weighted by Crippen LogP contribution is 2.25. The van der Waals surface area contributed by atoms with E-state index in [2.05, 4.69) is 15.9 Å². The van der Waals surface area contributed by atoms with Crippen LogP contribution in [0.5, 0.6) is 0 Å². The average Bonchev–Trinajstić information content (AvgIpc) is 2.43. The van der Waals surface area contributed by atoms with Gasteiger partial charge in [-0.1, -0.05) is 29.8 Å². The lowest BCUT2D eigenvalue weighted by Crippen LogP contribution is -2.26. The molecule has 2 N–H and O–H groups in total. The minimum Gasteiger partial charge on any atom is -0.398 e. The average molecular weight is 354 g/mol. The Morgan fingerprint density at radius 2 is 1.90 bits per heavy atom. The second-order valence-corrected chi connectivity index (χ2v) is 5.73. The van der Waals surface area contributed by atoms with Crippen molar-refractivity contribution in [1.29, 1.82) is 0 Å². The number of anilines is 1. The summed E-state index contributed by atoms with van der Waals surface area (Å²) in [5.74, 6) is -0.0841. The molecule has 0 aliphatic carbocycles. The number of rotatable bonds is 3. The van der Waals surface area contributed by atoms with Gasteiger partial charge in [0.1, 0.15) is 0 Å². The second kappa shape index (κ2) is 6.29. The monoisotopic (exact) mass is 352 g/mol. The van der Waals surface area contributed by atoms with Gasteiger partial charge >= 0.3 is 0 Å². The number of carbonyl (C=O) groups is 1. The molecule has 0 aliphatic rings. The Bertz CT molecular complexity index is 628. The Morgan fingerprint density at radius 3 is 2.55 bits per heavy atom. The molecule has 0 fully saturated rings. The molecule has 2 aromatic rings. The second-order valence-electron chi connectivity index (χ2n) is 4.50. The molecule has 0 saturated heterocycles. The van der Waals surface area contributed by atoms with Gasteiger partial charge in [-0.05, 0) is 45.8 Å². The Morgan fingerprint density at radius 1 is 1.25 bits per heavy atom. The lowest BCUT2D eigenvalue weighted by Gasteiger charge is -2.18. The molecule has 0 unspecified atom stereocenters. The first-order valence-electron chi connectivity index (χ1n) is 6.03. The van der Waals surface area contributed by atoms with Gasteiger partial charge in [0.15, 0.2) is 0 Å². The van der Waals surface area contributed by atoms with Crippen LogP contribution in [0, 0.1) is 0 Å². The molecule has 5 heteroatoms. The summed E-state index contributed by atoms with van der Waals surface area (Å²) in [6.45, 7) is 0.511. The molecule has 104 valence electrons. The van der Waals surface area contributed by atoms with Crippen LogP contribution in [0.15, 0.2) is 46.9 Å². The van der Waals surface area contributed by atoms with Gasteiger partial charge in [0.05, 0.1) is 10.0 Å². The molecule has 0 aliphatic heterocycles. The predicted molar refractivity (Wildman–Crippen MR) is 85.8 cm³/mol. The number of nitrogen functional groups attached to an aromatic ring is 1. The van der Waals surface area contributed by atoms with Gasteiger partial charge in [-0.2, -0.15) is 0 Å². The van der Waals surface area contributed by atoms with Crippen molar-refractivity contribution < 1.29 is 4.79 Å². The molecule has 2 rings (SSSR count). The van der Waals surface area contributed by atoms with E-state index in [1.54, 1.807) is 30.1 Å². The number of benzene rings is 2. The van der Waals surface area contributed by atoms with Crippen molar-refractivity contribution in [1.82, 2.24) is 4.90 Å². The zero-order valence-corrected chi connectivity index (χ0v) is 13.3. The van der Waals surface area contributed by atoms with Crippen molar-refractivity contribution in [2.45, 2.75) is 6.54 Å². The molecule has 0 heterocycles. The van der Waals surface area contributed by atoms with Gasteiger partial charge < -0.3 is 10.6 Å². The van der Waals surface area contributed by atoms with Gasteiger partial charge in [0, 0.05) is 24.3 Å². The van der Waals surface area contributed by atoms with Crippen molar-refractivity contribution >= 4 is 39.1 Å². The molecule has 0 spiro atoms. The molecule has 1 amide bonds. The maximum Gasteiger partial charge on any atom is 0.255 e. The molecule has 0 saturated carbocycles. The zero-order valence-electron chi connectivity index (χ0n) is 10.9. The Kier molecular flexibility index (Phi) is 4.68. The highest BCUT2D eigenvalue weighted by atomic mass is 79.9. The highest BCUT2D eigenvalue weighted by Gasteiger charge is 2.16. The van der Waals surface area contributed by atoms with Crippen LogP contribution in [0.1, 0.15) is 15.9 Å². The van der Waals surface area contributed by atoms with Crippen LogP contribution in [0.2, 0.25) is 5.02 Å². The van der Waals surface area contributed by atoms with E-state index in [0.29, 0.717) is 27.3 Å².